The Labute approximate surface area is 102 Å². The maximum absolute atomic E-state index is 6.01. The molecule has 1 aromatic rings. The third-order valence-electron chi connectivity index (χ3n) is 3.43. The van der Waals surface area contributed by atoms with Gasteiger partial charge in [-0.2, -0.15) is 0 Å². The smallest absolute Gasteiger partial charge is 0.133 e. The molecular formula is C13H19ClN2. The molecule has 1 aliphatic rings. The van der Waals surface area contributed by atoms with E-state index in [9.17, 15) is 0 Å². The molecule has 0 saturated heterocycles. The summed E-state index contributed by atoms with van der Waals surface area (Å²) >= 11 is 6.01. The maximum Gasteiger partial charge on any atom is 0.133 e. The van der Waals surface area contributed by atoms with Crippen LogP contribution in [0.1, 0.15) is 38.2 Å². The van der Waals surface area contributed by atoms with Gasteiger partial charge in [0.15, 0.2) is 0 Å². The van der Waals surface area contributed by atoms with E-state index in [1.54, 1.807) is 6.20 Å². The molecule has 0 amide bonds. The molecule has 3 heteroatoms. The fourth-order valence-corrected chi connectivity index (χ4v) is 2.46. The molecule has 0 atom stereocenters. The summed E-state index contributed by atoms with van der Waals surface area (Å²) in [6, 6.07) is 4.63. The lowest BCUT2D eigenvalue weighted by atomic mass is 9.87. The zero-order chi connectivity index (χ0) is 11.4. The molecule has 0 bridgehead atoms. The van der Waals surface area contributed by atoms with Crippen LogP contribution in [-0.2, 0) is 6.54 Å². The molecule has 0 spiro atoms. The van der Waals surface area contributed by atoms with E-state index in [1.807, 2.05) is 12.1 Å². The van der Waals surface area contributed by atoms with Crippen molar-refractivity contribution in [1.82, 2.24) is 10.3 Å². The summed E-state index contributed by atoms with van der Waals surface area (Å²) in [6.07, 6.45) is 7.00. The predicted molar refractivity (Wildman–Crippen MR) is 67.5 cm³/mol. The molecule has 0 unspecified atom stereocenters. The van der Waals surface area contributed by atoms with Crippen molar-refractivity contribution in [1.29, 1.82) is 0 Å². The van der Waals surface area contributed by atoms with Gasteiger partial charge in [-0.15, -0.1) is 0 Å². The van der Waals surface area contributed by atoms with E-state index in [4.69, 9.17) is 11.6 Å². The van der Waals surface area contributed by atoms with Crippen LogP contribution in [0, 0.1) is 5.92 Å². The highest BCUT2D eigenvalue weighted by Crippen LogP contribution is 2.23. The molecule has 16 heavy (non-hydrogen) atoms. The number of rotatable bonds is 3. The summed E-state index contributed by atoms with van der Waals surface area (Å²) < 4.78 is 0. The van der Waals surface area contributed by atoms with Crippen LogP contribution in [0.4, 0.5) is 0 Å². The first-order valence-electron chi connectivity index (χ1n) is 6.08. The minimum Gasteiger partial charge on any atom is -0.310 e. The molecule has 0 aromatic carbocycles. The minimum atomic E-state index is 0.624. The summed E-state index contributed by atoms with van der Waals surface area (Å²) in [5, 5.41) is 4.20. The van der Waals surface area contributed by atoms with Crippen molar-refractivity contribution in [2.45, 2.75) is 45.2 Å². The number of hydrogen-bond donors (Lipinski definition) is 1. The van der Waals surface area contributed by atoms with E-state index >= 15 is 0 Å². The second-order valence-electron chi connectivity index (χ2n) is 4.79. The number of hydrogen-bond acceptors (Lipinski definition) is 2. The summed E-state index contributed by atoms with van der Waals surface area (Å²) in [5.74, 6) is 0.903. The van der Waals surface area contributed by atoms with Gasteiger partial charge in [0.05, 0.1) is 0 Å². The lowest BCUT2D eigenvalue weighted by Crippen LogP contribution is -2.32. The van der Waals surface area contributed by atoms with Crippen LogP contribution < -0.4 is 5.32 Å². The molecule has 1 aliphatic carbocycles. The second-order valence-corrected chi connectivity index (χ2v) is 5.15. The fraction of sp³-hybridized carbons (Fsp3) is 0.615. The third-order valence-corrected chi connectivity index (χ3v) is 3.77. The van der Waals surface area contributed by atoms with Crippen molar-refractivity contribution in [3.05, 3.63) is 29.0 Å². The Kier molecular flexibility index (Phi) is 4.19. The van der Waals surface area contributed by atoms with Gasteiger partial charge < -0.3 is 5.32 Å². The third kappa shape index (κ3) is 3.19. The molecule has 2 nitrogen and oxygen atoms in total. The van der Waals surface area contributed by atoms with E-state index in [0.29, 0.717) is 11.2 Å². The molecule has 1 heterocycles. The average Bonchev–Trinajstić information content (AvgIpc) is 2.30. The average molecular weight is 239 g/mol. The van der Waals surface area contributed by atoms with Crippen LogP contribution in [0.2, 0.25) is 5.15 Å². The highest BCUT2D eigenvalue weighted by atomic mass is 35.5. The van der Waals surface area contributed by atoms with Crippen LogP contribution in [-0.4, -0.2) is 11.0 Å². The zero-order valence-electron chi connectivity index (χ0n) is 9.75. The minimum absolute atomic E-state index is 0.624. The summed E-state index contributed by atoms with van der Waals surface area (Å²) in [5.41, 5.74) is 1.10. The predicted octanol–water partition coefficient (Wildman–Crippen LogP) is 3.40. The highest BCUT2D eigenvalue weighted by Gasteiger charge is 2.17. The maximum atomic E-state index is 6.01. The number of halogens is 1. The Bertz CT molecular complexity index is 332. The first-order chi connectivity index (χ1) is 7.75. The molecule has 2 rings (SSSR count). The van der Waals surface area contributed by atoms with Gasteiger partial charge in [-0.25, -0.2) is 4.98 Å². The van der Waals surface area contributed by atoms with Crippen molar-refractivity contribution < 1.29 is 0 Å². The summed E-state index contributed by atoms with van der Waals surface area (Å²) in [6.45, 7) is 3.18. The Morgan fingerprint density at radius 2 is 2.12 bits per heavy atom. The normalized spacial score (nSPS) is 25.6. The fourth-order valence-electron chi connectivity index (χ4n) is 2.27. The first kappa shape index (κ1) is 11.9. The van der Waals surface area contributed by atoms with E-state index in [1.165, 1.54) is 25.7 Å². The molecule has 1 fully saturated rings. The van der Waals surface area contributed by atoms with E-state index in [0.717, 1.165) is 18.0 Å². The lowest BCUT2D eigenvalue weighted by Gasteiger charge is -2.27. The molecule has 0 aliphatic heterocycles. The molecule has 0 radical (unpaired) electrons. The monoisotopic (exact) mass is 238 g/mol. The molecule has 1 aromatic heterocycles. The molecule has 88 valence electrons. The summed E-state index contributed by atoms with van der Waals surface area (Å²) in [7, 11) is 0. The van der Waals surface area contributed by atoms with Crippen LogP contribution in [0.25, 0.3) is 0 Å². The Balaban J connectivity index is 1.81. The van der Waals surface area contributed by atoms with Gasteiger partial charge in [-0.3, -0.25) is 0 Å². The van der Waals surface area contributed by atoms with E-state index < -0.39 is 0 Å². The lowest BCUT2D eigenvalue weighted by molar-refractivity contribution is 0.306. The molecular weight excluding hydrogens is 220 g/mol. The Morgan fingerprint density at radius 3 is 2.81 bits per heavy atom. The SMILES string of the molecule is CC1CCC(NCc2cccnc2Cl)CC1. The van der Waals surface area contributed by atoms with Crippen molar-refractivity contribution in [2.24, 2.45) is 5.92 Å². The Morgan fingerprint density at radius 1 is 1.38 bits per heavy atom. The van der Waals surface area contributed by atoms with Crippen LogP contribution in [0.3, 0.4) is 0 Å². The van der Waals surface area contributed by atoms with Gasteiger partial charge in [0.1, 0.15) is 5.15 Å². The van der Waals surface area contributed by atoms with Gasteiger partial charge in [0.25, 0.3) is 0 Å². The Hall–Kier alpha value is -0.600. The van der Waals surface area contributed by atoms with Crippen LogP contribution >= 0.6 is 11.6 Å². The highest BCUT2D eigenvalue weighted by molar-refractivity contribution is 6.30. The standard InChI is InChI=1S/C13H19ClN2/c1-10-4-6-12(7-5-10)16-9-11-3-2-8-15-13(11)14/h2-3,8,10,12,16H,4-7,9H2,1H3. The van der Waals surface area contributed by atoms with Gasteiger partial charge in [-0.1, -0.05) is 24.6 Å². The van der Waals surface area contributed by atoms with Crippen molar-refractivity contribution in [3.8, 4) is 0 Å². The first-order valence-corrected chi connectivity index (χ1v) is 6.46. The van der Waals surface area contributed by atoms with Gasteiger partial charge in [0, 0.05) is 24.3 Å². The largest absolute Gasteiger partial charge is 0.310 e. The quantitative estimate of drug-likeness (QED) is 0.817. The number of aromatic nitrogens is 1. The number of pyridine rings is 1. The zero-order valence-corrected chi connectivity index (χ0v) is 10.5. The van der Waals surface area contributed by atoms with E-state index in [-0.39, 0.29) is 0 Å². The van der Waals surface area contributed by atoms with Gasteiger partial charge >= 0.3 is 0 Å². The second kappa shape index (κ2) is 5.65. The number of nitrogens with one attached hydrogen (secondary N) is 1. The van der Waals surface area contributed by atoms with Crippen molar-refractivity contribution >= 4 is 11.6 Å². The molecule has 1 N–H and O–H groups in total. The molecule has 1 saturated carbocycles. The van der Waals surface area contributed by atoms with Gasteiger partial charge in [-0.05, 0) is 37.7 Å². The van der Waals surface area contributed by atoms with E-state index in [2.05, 4.69) is 17.2 Å². The van der Waals surface area contributed by atoms with Crippen LogP contribution in [0.15, 0.2) is 18.3 Å². The van der Waals surface area contributed by atoms with Crippen molar-refractivity contribution in [3.63, 3.8) is 0 Å². The van der Waals surface area contributed by atoms with Gasteiger partial charge in [0.2, 0.25) is 0 Å². The van der Waals surface area contributed by atoms with Crippen LogP contribution in [0.5, 0.6) is 0 Å². The summed E-state index contributed by atoms with van der Waals surface area (Å²) in [4.78, 5) is 4.08. The number of nitrogens with zero attached hydrogens (tertiary/aromatic N) is 1. The topological polar surface area (TPSA) is 24.9 Å². The van der Waals surface area contributed by atoms with Crippen molar-refractivity contribution in [2.75, 3.05) is 0 Å².